The normalized spacial score (nSPS) is 10.4. The molecule has 0 amide bonds. The van der Waals surface area contributed by atoms with Crippen LogP contribution in [0, 0.1) is 11.6 Å². The van der Waals surface area contributed by atoms with Crippen LogP contribution in [0.4, 0.5) is 8.78 Å². The van der Waals surface area contributed by atoms with Crippen LogP contribution >= 0.6 is 11.6 Å². The number of benzene rings is 1. The molecule has 0 aliphatic heterocycles. The molecule has 0 saturated carbocycles. The average molecular weight is 270 g/mol. The van der Waals surface area contributed by atoms with Crippen molar-refractivity contribution in [2.45, 2.75) is 0 Å². The molecule has 1 aromatic heterocycles. The molecule has 0 aliphatic carbocycles. The predicted molar refractivity (Wildman–Crippen MR) is 61.6 cm³/mol. The summed E-state index contributed by atoms with van der Waals surface area (Å²) in [5.74, 6) is -2.98. The van der Waals surface area contributed by atoms with Crippen LogP contribution < -0.4 is 0 Å². The predicted octanol–water partition coefficient (Wildman–Crippen LogP) is 3.38. The average Bonchev–Trinajstić information content (AvgIpc) is 2.28. The van der Waals surface area contributed by atoms with Crippen molar-refractivity contribution in [1.29, 1.82) is 0 Å². The first-order valence-electron chi connectivity index (χ1n) is 4.84. The maximum Gasteiger partial charge on any atom is 0.339 e. The molecule has 1 heterocycles. The lowest BCUT2D eigenvalue weighted by Crippen LogP contribution is -2.03. The SMILES string of the molecule is O=C(O)c1c(Cl)ccnc1-c1ccc(F)cc1F. The fourth-order valence-corrected chi connectivity index (χ4v) is 1.75. The lowest BCUT2D eigenvalue weighted by Gasteiger charge is -2.07. The van der Waals surface area contributed by atoms with E-state index in [0.29, 0.717) is 6.07 Å². The fourth-order valence-electron chi connectivity index (χ4n) is 1.53. The monoisotopic (exact) mass is 269 g/mol. The Labute approximate surface area is 106 Å². The number of hydrogen-bond acceptors (Lipinski definition) is 2. The summed E-state index contributed by atoms with van der Waals surface area (Å²) in [5, 5.41) is 8.97. The molecule has 0 unspecified atom stereocenters. The van der Waals surface area contributed by atoms with Crippen molar-refractivity contribution in [1.82, 2.24) is 4.98 Å². The van der Waals surface area contributed by atoms with E-state index in [4.69, 9.17) is 16.7 Å². The molecule has 18 heavy (non-hydrogen) atoms. The molecule has 0 bridgehead atoms. The minimum atomic E-state index is -1.33. The largest absolute Gasteiger partial charge is 0.478 e. The third kappa shape index (κ3) is 2.17. The van der Waals surface area contributed by atoms with E-state index in [1.807, 2.05) is 0 Å². The number of aromatic carboxylic acids is 1. The summed E-state index contributed by atoms with van der Waals surface area (Å²) in [5.41, 5.74) is -0.562. The summed E-state index contributed by atoms with van der Waals surface area (Å²) in [7, 11) is 0. The standard InChI is InChI=1S/C12H6ClF2NO2/c13-8-3-4-16-11(10(8)12(17)18)7-2-1-6(14)5-9(7)15/h1-5H,(H,17,18). The van der Waals surface area contributed by atoms with Crippen LogP contribution in [0.25, 0.3) is 11.3 Å². The van der Waals surface area contributed by atoms with E-state index in [2.05, 4.69) is 4.98 Å². The molecular formula is C12H6ClF2NO2. The highest BCUT2D eigenvalue weighted by Gasteiger charge is 2.19. The topological polar surface area (TPSA) is 50.2 Å². The lowest BCUT2D eigenvalue weighted by atomic mass is 10.1. The summed E-state index contributed by atoms with van der Waals surface area (Å²) in [4.78, 5) is 14.9. The maximum atomic E-state index is 13.6. The van der Waals surface area contributed by atoms with Gasteiger partial charge >= 0.3 is 5.97 Å². The van der Waals surface area contributed by atoms with Gasteiger partial charge in [-0.2, -0.15) is 0 Å². The second kappa shape index (κ2) is 4.70. The zero-order valence-electron chi connectivity index (χ0n) is 8.82. The first kappa shape index (κ1) is 12.4. The Hall–Kier alpha value is -2.01. The first-order valence-corrected chi connectivity index (χ1v) is 5.21. The van der Waals surface area contributed by atoms with Gasteiger partial charge in [-0.15, -0.1) is 0 Å². The molecule has 0 atom stereocenters. The van der Waals surface area contributed by atoms with Gasteiger partial charge in [0, 0.05) is 17.8 Å². The Morgan fingerprint density at radius 1 is 1.28 bits per heavy atom. The molecule has 6 heteroatoms. The Morgan fingerprint density at radius 3 is 2.61 bits per heavy atom. The number of rotatable bonds is 2. The van der Waals surface area contributed by atoms with Crippen molar-refractivity contribution >= 4 is 17.6 Å². The maximum absolute atomic E-state index is 13.6. The van der Waals surface area contributed by atoms with Crippen molar-refractivity contribution in [2.75, 3.05) is 0 Å². The van der Waals surface area contributed by atoms with Crippen LogP contribution in [0.1, 0.15) is 10.4 Å². The molecule has 1 aromatic carbocycles. The highest BCUT2D eigenvalue weighted by molar-refractivity contribution is 6.34. The molecule has 2 rings (SSSR count). The van der Waals surface area contributed by atoms with Crippen LogP contribution in [0.15, 0.2) is 30.5 Å². The Kier molecular flexibility index (Phi) is 3.25. The highest BCUT2D eigenvalue weighted by atomic mass is 35.5. The summed E-state index contributed by atoms with van der Waals surface area (Å²) in [6.45, 7) is 0. The molecule has 92 valence electrons. The lowest BCUT2D eigenvalue weighted by molar-refractivity contribution is 0.0697. The van der Waals surface area contributed by atoms with E-state index in [1.54, 1.807) is 0 Å². The van der Waals surface area contributed by atoms with Crippen LogP contribution in [0.3, 0.4) is 0 Å². The van der Waals surface area contributed by atoms with Crippen LogP contribution in [-0.4, -0.2) is 16.1 Å². The zero-order chi connectivity index (χ0) is 13.3. The Morgan fingerprint density at radius 2 is 2.00 bits per heavy atom. The highest BCUT2D eigenvalue weighted by Crippen LogP contribution is 2.29. The number of nitrogens with zero attached hydrogens (tertiary/aromatic N) is 1. The van der Waals surface area contributed by atoms with Gasteiger partial charge in [-0.3, -0.25) is 4.98 Å². The molecular weight excluding hydrogens is 264 g/mol. The van der Waals surface area contributed by atoms with E-state index in [0.717, 1.165) is 12.1 Å². The molecule has 0 fully saturated rings. The fraction of sp³-hybridized carbons (Fsp3) is 0. The minimum Gasteiger partial charge on any atom is -0.478 e. The number of pyridine rings is 1. The number of hydrogen-bond donors (Lipinski definition) is 1. The quantitative estimate of drug-likeness (QED) is 0.909. The smallest absolute Gasteiger partial charge is 0.339 e. The van der Waals surface area contributed by atoms with E-state index >= 15 is 0 Å². The van der Waals surface area contributed by atoms with Gasteiger partial charge in [0.2, 0.25) is 0 Å². The van der Waals surface area contributed by atoms with Gasteiger partial charge in [0.05, 0.1) is 10.7 Å². The number of aromatic nitrogens is 1. The van der Waals surface area contributed by atoms with Crippen molar-refractivity contribution in [2.24, 2.45) is 0 Å². The van der Waals surface area contributed by atoms with Gasteiger partial charge in [0.1, 0.15) is 17.2 Å². The Balaban J connectivity index is 2.71. The van der Waals surface area contributed by atoms with Gasteiger partial charge in [-0.05, 0) is 18.2 Å². The van der Waals surface area contributed by atoms with Crippen molar-refractivity contribution in [3.8, 4) is 11.3 Å². The molecule has 0 spiro atoms. The summed E-state index contributed by atoms with van der Waals surface area (Å²) >= 11 is 5.74. The molecule has 0 radical (unpaired) electrons. The van der Waals surface area contributed by atoms with Crippen LogP contribution in [0.2, 0.25) is 5.02 Å². The molecule has 3 nitrogen and oxygen atoms in total. The number of halogens is 3. The van der Waals surface area contributed by atoms with Gasteiger partial charge in [0.25, 0.3) is 0 Å². The summed E-state index contributed by atoms with van der Waals surface area (Å²) < 4.78 is 26.4. The van der Waals surface area contributed by atoms with Gasteiger partial charge in [-0.1, -0.05) is 11.6 Å². The number of carbonyl (C=O) groups is 1. The summed E-state index contributed by atoms with van der Waals surface area (Å²) in [6, 6.07) is 4.09. The first-order chi connectivity index (χ1) is 8.50. The second-order valence-electron chi connectivity index (χ2n) is 3.45. The molecule has 1 N–H and O–H groups in total. The molecule has 0 saturated heterocycles. The summed E-state index contributed by atoms with van der Waals surface area (Å²) in [6.07, 6.45) is 1.26. The van der Waals surface area contributed by atoms with Gasteiger partial charge in [0.15, 0.2) is 0 Å². The third-order valence-electron chi connectivity index (χ3n) is 2.30. The van der Waals surface area contributed by atoms with Crippen molar-refractivity contribution < 1.29 is 18.7 Å². The van der Waals surface area contributed by atoms with Crippen molar-refractivity contribution in [3.05, 3.63) is 52.7 Å². The van der Waals surface area contributed by atoms with Gasteiger partial charge in [-0.25, -0.2) is 13.6 Å². The van der Waals surface area contributed by atoms with Crippen LogP contribution in [0.5, 0.6) is 0 Å². The van der Waals surface area contributed by atoms with E-state index in [-0.39, 0.29) is 21.8 Å². The molecule has 2 aromatic rings. The van der Waals surface area contributed by atoms with E-state index in [9.17, 15) is 13.6 Å². The third-order valence-corrected chi connectivity index (χ3v) is 2.62. The zero-order valence-corrected chi connectivity index (χ0v) is 9.58. The van der Waals surface area contributed by atoms with E-state index < -0.39 is 17.6 Å². The molecule has 0 aliphatic rings. The van der Waals surface area contributed by atoms with Crippen LogP contribution in [-0.2, 0) is 0 Å². The number of carboxylic acid groups (broad SMARTS) is 1. The Bertz CT molecular complexity index is 631. The minimum absolute atomic E-state index is 0.0591. The van der Waals surface area contributed by atoms with Gasteiger partial charge < -0.3 is 5.11 Å². The number of carboxylic acids is 1. The van der Waals surface area contributed by atoms with E-state index in [1.165, 1.54) is 12.3 Å². The van der Waals surface area contributed by atoms with Crippen molar-refractivity contribution in [3.63, 3.8) is 0 Å². The second-order valence-corrected chi connectivity index (χ2v) is 3.85.